The largest absolute Gasteiger partial charge is 0.445 e. The Labute approximate surface area is 571 Å². The van der Waals surface area contributed by atoms with Gasteiger partial charge in [-0.3, -0.25) is 4.90 Å². The van der Waals surface area contributed by atoms with Gasteiger partial charge in [-0.05, 0) is 43.9 Å². The van der Waals surface area contributed by atoms with Crippen molar-refractivity contribution in [3.05, 3.63) is 71.8 Å². The number of carbonyl (C=O) groups is 3. The van der Waals surface area contributed by atoms with E-state index in [9.17, 15) is 60.3 Å². The number of carbonyl (C=O) groups excluding carboxylic acids is 3. The van der Waals surface area contributed by atoms with Crippen LogP contribution in [0.1, 0.15) is 56.6 Å². The van der Waals surface area contributed by atoms with Crippen LogP contribution in [0.5, 0.6) is 0 Å². The summed E-state index contributed by atoms with van der Waals surface area (Å²) in [6.45, 7) is 1.21. The number of nitrogens with zero attached hydrogens (tertiary/aromatic N) is 1. The molecule has 0 spiro atoms. The van der Waals surface area contributed by atoms with E-state index >= 15 is 0 Å². The molecule has 2 aliphatic carbocycles. The molecule has 32 atom stereocenters. The van der Waals surface area contributed by atoms with Crippen LogP contribution in [0.4, 0.5) is 14.4 Å². The highest BCUT2D eigenvalue weighted by Gasteiger charge is 2.61. The number of fused-ring (bicyclic) bond motifs is 4. The molecule has 2 aromatic carbocycles. The number of aliphatic hydroxyl groups is 9. The standard InChI is InChI=1S/C39H52N4O15.C24H49N7O10/c1-19-13-26-32(33-29(43(2)39(50)57-33)35(54-26)58-36-31(47)30(46)28(40)27(16-44)55-36)56-34(19)53-25-15-24(45)22(41-37(48)51-17-20-9-5-3-6-10-20)14-23(25)42-38(49)52-18-21-11-7-4-8-12-21;1-30-17-19(35)21-14(3-11(29)22(40-21)37-13-4-12(33)9(27)2-10(13)28)38-23(17)41-24-20(36)18(34)16(15(7-32)39-24)31-8(5-25)6-26/h3-12,19,22-36,44-47H,13-18,40H2,1-2H3,(H,41,48)(H,42,49);8-24,30-36H,2-7,25-29H2,1H3/t19?,22-,23?,24?,25+,26+,27?,28-,29?,30+,31?,32?,33?,34+,35?,36-;9-,10?,11?,12?,13+,14+,15?,16-,17?,18+,19?,20?,21?,22+,23?,24-/m11/s1. The Morgan fingerprint density at radius 1 is 0.556 bits per heavy atom. The Kier molecular flexibility index (Phi) is 26.9. The van der Waals surface area contributed by atoms with Gasteiger partial charge in [0.25, 0.3) is 0 Å². The van der Waals surface area contributed by atoms with Crippen molar-refractivity contribution in [3.8, 4) is 0 Å². The van der Waals surface area contributed by atoms with Gasteiger partial charge in [0.15, 0.2) is 43.8 Å². The first-order valence-electron chi connectivity index (χ1n) is 33.7. The predicted molar refractivity (Wildman–Crippen MR) is 339 cm³/mol. The number of ether oxygens (including phenoxy) is 13. The fraction of sp³-hybridized carbons (Fsp3) is 0.762. The van der Waals surface area contributed by atoms with Crippen LogP contribution in [0.3, 0.4) is 0 Å². The lowest BCUT2D eigenvalue weighted by Crippen LogP contribution is -2.70. The summed E-state index contributed by atoms with van der Waals surface area (Å²) in [7, 11) is 3.08. The van der Waals surface area contributed by atoms with Gasteiger partial charge in [0.1, 0.15) is 74.2 Å². The van der Waals surface area contributed by atoms with Gasteiger partial charge in [-0.25, -0.2) is 14.4 Å². The van der Waals surface area contributed by atoms with E-state index in [0.29, 0.717) is 12.8 Å². The van der Waals surface area contributed by atoms with Crippen LogP contribution in [-0.2, 0) is 74.8 Å². The Morgan fingerprint density at radius 2 is 1.11 bits per heavy atom. The Balaban J connectivity index is 0.000000228. The summed E-state index contributed by atoms with van der Waals surface area (Å²) in [5, 5.41) is 107. The van der Waals surface area contributed by atoms with Gasteiger partial charge in [-0.2, -0.15) is 0 Å². The van der Waals surface area contributed by atoms with Crippen LogP contribution in [0.2, 0.25) is 0 Å². The Morgan fingerprint density at radius 3 is 1.73 bits per heavy atom. The summed E-state index contributed by atoms with van der Waals surface area (Å²) in [6, 6.07) is 11.1. The van der Waals surface area contributed by atoms with E-state index in [-0.39, 0.29) is 63.9 Å². The van der Waals surface area contributed by atoms with Gasteiger partial charge >= 0.3 is 18.3 Å². The molecule has 2 saturated carbocycles. The van der Waals surface area contributed by atoms with Crippen LogP contribution in [0.25, 0.3) is 0 Å². The molecule has 36 nitrogen and oxygen atoms in total. The highest BCUT2D eigenvalue weighted by molar-refractivity contribution is 5.71. The Bertz CT molecular complexity index is 2860. The SMILES string of the molecule is CC1C[C@@H]2OC(O[C@H]3OC(CO)[C@@H](N)[C@H](O)C3O)C3C(OC(=O)N3C)C2O[C@@H]1O[C@H]1CC(O)[C@H](NC(=O)OCc2ccccc2)CC1NC(=O)OCc1ccccc1.CNC1C(O[C@H]2OC(CO)[C@@H](NC(CN)CN)[C@H](O)C2O)O[C@H]2CC(N)[C@@H](O[C@H]3CC(O)[C@H](N)CC3N)OC2C1O. The van der Waals surface area contributed by atoms with Crippen LogP contribution in [0, 0.1) is 5.92 Å². The van der Waals surface area contributed by atoms with Crippen molar-refractivity contribution in [2.75, 3.05) is 40.4 Å². The highest BCUT2D eigenvalue weighted by Crippen LogP contribution is 2.43. The van der Waals surface area contributed by atoms with Crippen LogP contribution in [-0.4, -0.2) is 305 Å². The summed E-state index contributed by atoms with van der Waals surface area (Å²) in [5.41, 5.74) is 37.3. The number of alkyl carbamates (subject to hydrolysis) is 2. The quantitative estimate of drug-likeness (QED) is 0.0517. The third-order valence-corrected chi connectivity index (χ3v) is 20.0. The molecule has 0 radical (unpaired) electrons. The molecule has 25 N–H and O–H groups in total. The van der Waals surface area contributed by atoms with Crippen LogP contribution in [0.15, 0.2) is 60.7 Å². The van der Waals surface area contributed by atoms with E-state index in [0.717, 1.165) is 11.1 Å². The number of hydrogen-bond donors (Lipinski definition) is 19. The monoisotopic (exact) mass is 1410 g/mol. The average Bonchev–Trinajstić information content (AvgIpc) is 1.66. The first-order chi connectivity index (χ1) is 47.4. The maximum absolute atomic E-state index is 13.2. The van der Waals surface area contributed by atoms with E-state index in [4.69, 9.17) is 96.0 Å². The topological polar surface area (TPSA) is 561 Å². The molecule has 3 amide bonds. The minimum Gasteiger partial charge on any atom is -0.445 e. The van der Waals surface area contributed by atoms with Gasteiger partial charge < -0.3 is 163 Å². The molecule has 11 rings (SSSR count). The molecule has 9 aliphatic rings. The van der Waals surface area contributed by atoms with Gasteiger partial charge in [0.05, 0.1) is 86.1 Å². The number of benzene rings is 2. The molecule has 558 valence electrons. The normalized spacial score (nSPS) is 42.9. The van der Waals surface area contributed by atoms with E-state index in [1.54, 1.807) is 7.05 Å². The van der Waals surface area contributed by atoms with Crippen molar-refractivity contribution in [3.63, 3.8) is 0 Å². The van der Waals surface area contributed by atoms with Crippen molar-refractivity contribution in [1.82, 2.24) is 26.2 Å². The van der Waals surface area contributed by atoms with Crippen molar-refractivity contribution in [1.29, 1.82) is 0 Å². The summed E-state index contributed by atoms with van der Waals surface area (Å²) in [6.07, 6.45) is -24.4. The molecular formula is C63H101N11O25. The molecule has 7 heterocycles. The third kappa shape index (κ3) is 18.0. The lowest BCUT2D eigenvalue weighted by atomic mass is 9.85. The number of rotatable bonds is 21. The van der Waals surface area contributed by atoms with Crippen molar-refractivity contribution in [2.45, 2.75) is 254 Å². The minimum absolute atomic E-state index is 0.00920. The number of hydrogen-bond acceptors (Lipinski definition) is 33. The van der Waals surface area contributed by atoms with Crippen molar-refractivity contribution >= 4 is 18.3 Å². The maximum Gasteiger partial charge on any atom is 0.410 e. The second kappa shape index (κ2) is 34.6. The number of likely N-dealkylation sites (N-methyl/N-ethyl adjacent to an activating group) is 2. The van der Waals surface area contributed by atoms with Gasteiger partial charge in [-0.15, -0.1) is 0 Å². The fourth-order valence-electron chi connectivity index (χ4n) is 14.2. The van der Waals surface area contributed by atoms with Gasteiger partial charge in [0.2, 0.25) is 0 Å². The van der Waals surface area contributed by atoms with Crippen LogP contribution < -0.4 is 55.7 Å². The third-order valence-electron chi connectivity index (χ3n) is 20.0. The molecular weight excluding hydrogens is 1310 g/mol. The predicted octanol–water partition coefficient (Wildman–Crippen LogP) is -6.81. The van der Waals surface area contributed by atoms with E-state index in [2.05, 4.69) is 21.3 Å². The molecule has 9 fully saturated rings. The second-order valence-corrected chi connectivity index (χ2v) is 26.9. The molecule has 0 aromatic heterocycles. The van der Waals surface area contributed by atoms with Gasteiger partial charge in [-0.1, -0.05) is 67.6 Å². The minimum atomic E-state index is -1.59. The first-order valence-corrected chi connectivity index (χ1v) is 33.7. The van der Waals surface area contributed by atoms with Gasteiger partial charge in [0, 0.05) is 57.0 Å². The number of nitrogens with one attached hydrogen (secondary N) is 4. The lowest BCUT2D eigenvalue weighted by Gasteiger charge is -2.51. The molecule has 36 heteroatoms. The first kappa shape index (κ1) is 76.8. The molecule has 99 heavy (non-hydrogen) atoms. The number of aliphatic hydroxyl groups excluding tert-OH is 9. The summed E-state index contributed by atoms with van der Waals surface area (Å²) >= 11 is 0. The fourth-order valence-corrected chi connectivity index (χ4v) is 14.2. The average molecular weight is 1410 g/mol. The lowest BCUT2D eigenvalue weighted by molar-refractivity contribution is -0.374. The summed E-state index contributed by atoms with van der Waals surface area (Å²) < 4.78 is 77.8. The zero-order chi connectivity index (χ0) is 71.1. The Hall–Kier alpha value is -4.83. The molecule has 0 bridgehead atoms. The van der Waals surface area contributed by atoms with E-state index in [1.807, 2.05) is 67.6 Å². The van der Waals surface area contributed by atoms with Crippen molar-refractivity contribution in [2.24, 2.45) is 40.3 Å². The number of nitrogens with two attached hydrogens (primary N) is 6. The highest BCUT2D eigenvalue weighted by atomic mass is 16.8. The molecule has 18 unspecified atom stereocenters. The molecule has 7 saturated heterocycles. The van der Waals surface area contributed by atoms with E-state index in [1.165, 1.54) is 11.9 Å². The second-order valence-electron chi connectivity index (χ2n) is 26.9. The van der Waals surface area contributed by atoms with Crippen molar-refractivity contribution < 1.29 is 122 Å². The molecule has 2 aromatic rings. The molecule has 7 aliphatic heterocycles. The zero-order valence-electron chi connectivity index (χ0n) is 55.3. The van der Waals surface area contributed by atoms with E-state index < -0.39 is 221 Å². The maximum atomic E-state index is 13.2. The summed E-state index contributed by atoms with van der Waals surface area (Å²) in [5.74, 6) is -0.352. The summed E-state index contributed by atoms with van der Waals surface area (Å²) in [4.78, 5) is 40.2. The zero-order valence-corrected chi connectivity index (χ0v) is 55.3. The number of amides is 3. The smallest absolute Gasteiger partial charge is 0.410 e. The van der Waals surface area contributed by atoms with Crippen LogP contribution >= 0.6 is 0 Å².